The van der Waals surface area contributed by atoms with Gasteiger partial charge in [0.2, 0.25) is 5.89 Å². The summed E-state index contributed by atoms with van der Waals surface area (Å²) in [5.74, 6) is 1.73. The Morgan fingerprint density at radius 3 is 3.18 bits per heavy atom. The van der Waals surface area contributed by atoms with Gasteiger partial charge in [0.05, 0.1) is 6.04 Å². The average molecular weight is 241 g/mol. The van der Waals surface area contributed by atoms with Crippen LogP contribution in [0.3, 0.4) is 0 Å². The first-order valence-electron chi connectivity index (χ1n) is 5.94. The maximum absolute atomic E-state index is 5.90. The molecule has 0 radical (unpaired) electrons. The molecule has 1 saturated heterocycles. The molecule has 1 aliphatic heterocycles. The molecule has 2 N–H and O–H groups in total. The molecule has 2 unspecified atom stereocenters. The molecule has 1 fully saturated rings. The number of hydrogen-bond acceptors (Lipinski definition) is 6. The van der Waals surface area contributed by atoms with E-state index in [0.29, 0.717) is 24.8 Å². The van der Waals surface area contributed by atoms with Crippen molar-refractivity contribution in [3.8, 4) is 0 Å². The number of aromatic nitrogens is 2. The minimum atomic E-state index is -0.240. The van der Waals surface area contributed by atoms with Gasteiger partial charge in [0.25, 0.3) is 0 Å². The summed E-state index contributed by atoms with van der Waals surface area (Å²) in [6.45, 7) is 2.22. The van der Waals surface area contributed by atoms with E-state index in [1.54, 1.807) is 7.11 Å². The fraction of sp³-hybridized carbons (Fsp3) is 0.818. The van der Waals surface area contributed by atoms with Crippen LogP contribution in [0.1, 0.15) is 30.6 Å². The van der Waals surface area contributed by atoms with Gasteiger partial charge in [-0.1, -0.05) is 5.16 Å². The molecule has 6 nitrogen and oxygen atoms in total. The van der Waals surface area contributed by atoms with Crippen LogP contribution in [0.5, 0.6) is 0 Å². The standard InChI is InChI=1S/C11H19N3O3/c1-15-4-3-9(12)11-13-10(14-17-11)6-8-2-5-16-7-8/h8-9H,2-7,12H2,1H3. The molecule has 96 valence electrons. The van der Waals surface area contributed by atoms with Gasteiger partial charge in [-0.15, -0.1) is 0 Å². The van der Waals surface area contributed by atoms with E-state index >= 15 is 0 Å². The highest BCUT2D eigenvalue weighted by molar-refractivity contribution is 4.93. The minimum absolute atomic E-state index is 0.240. The van der Waals surface area contributed by atoms with Crippen molar-refractivity contribution in [2.24, 2.45) is 11.7 Å². The van der Waals surface area contributed by atoms with Gasteiger partial charge in [-0.2, -0.15) is 4.98 Å². The Bertz CT molecular complexity index is 336. The Morgan fingerprint density at radius 1 is 1.59 bits per heavy atom. The summed E-state index contributed by atoms with van der Waals surface area (Å²) in [5, 5.41) is 3.95. The quantitative estimate of drug-likeness (QED) is 0.788. The van der Waals surface area contributed by atoms with Gasteiger partial charge in [-0.05, 0) is 18.8 Å². The summed E-state index contributed by atoms with van der Waals surface area (Å²) in [6.07, 6.45) is 2.56. The molecule has 0 aromatic carbocycles. The van der Waals surface area contributed by atoms with Gasteiger partial charge in [-0.25, -0.2) is 0 Å². The largest absolute Gasteiger partial charge is 0.385 e. The molecule has 6 heteroatoms. The van der Waals surface area contributed by atoms with Crippen molar-refractivity contribution >= 4 is 0 Å². The van der Waals surface area contributed by atoms with Crippen LogP contribution in [0, 0.1) is 5.92 Å². The molecule has 0 spiro atoms. The first kappa shape index (κ1) is 12.5. The zero-order chi connectivity index (χ0) is 12.1. The van der Waals surface area contributed by atoms with Crippen LogP contribution in [0.2, 0.25) is 0 Å². The fourth-order valence-electron chi connectivity index (χ4n) is 1.87. The van der Waals surface area contributed by atoms with Gasteiger partial charge in [0.1, 0.15) is 0 Å². The molecule has 0 aliphatic carbocycles. The summed E-state index contributed by atoms with van der Waals surface area (Å²) in [4.78, 5) is 4.31. The Hall–Kier alpha value is -0.980. The fourth-order valence-corrected chi connectivity index (χ4v) is 1.87. The van der Waals surface area contributed by atoms with E-state index in [9.17, 15) is 0 Å². The highest BCUT2D eigenvalue weighted by Gasteiger charge is 2.20. The summed E-state index contributed by atoms with van der Waals surface area (Å²) in [7, 11) is 1.64. The van der Waals surface area contributed by atoms with E-state index in [2.05, 4.69) is 10.1 Å². The normalized spacial score (nSPS) is 21.9. The van der Waals surface area contributed by atoms with Gasteiger partial charge < -0.3 is 19.7 Å². The van der Waals surface area contributed by atoms with Crippen LogP contribution in [-0.4, -0.2) is 37.1 Å². The zero-order valence-electron chi connectivity index (χ0n) is 10.1. The first-order valence-corrected chi connectivity index (χ1v) is 5.94. The lowest BCUT2D eigenvalue weighted by molar-refractivity contribution is 0.182. The third-order valence-corrected chi connectivity index (χ3v) is 2.93. The molecule has 2 rings (SSSR count). The van der Waals surface area contributed by atoms with Crippen molar-refractivity contribution in [1.82, 2.24) is 10.1 Å². The summed E-state index contributed by atoms with van der Waals surface area (Å²) in [6, 6.07) is -0.240. The van der Waals surface area contributed by atoms with Crippen molar-refractivity contribution in [3.63, 3.8) is 0 Å². The lowest BCUT2D eigenvalue weighted by Crippen LogP contribution is -2.13. The third-order valence-electron chi connectivity index (χ3n) is 2.93. The number of nitrogens with two attached hydrogens (primary N) is 1. The molecular weight excluding hydrogens is 222 g/mol. The third kappa shape index (κ3) is 3.49. The molecule has 0 bridgehead atoms. The van der Waals surface area contributed by atoms with Crippen molar-refractivity contribution < 1.29 is 14.0 Å². The molecular formula is C11H19N3O3. The van der Waals surface area contributed by atoms with E-state index in [-0.39, 0.29) is 6.04 Å². The van der Waals surface area contributed by atoms with Crippen molar-refractivity contribution in [3.05, 3.63) is 11.7 Å². The number of hydrogen-bond donors (Lipinski definition) is 1. The van der Waals surface area contributed by atoms with Crippen LogP contribution in [0.4, 0.5) is 0 Å². The molecule has 0 saturated carbocycles. The lowest BCUT2D eigenvalue weighted by Gasteiger charge is -2.04. The van der Waals surface area contributed by atoms with Gasteiger partial charge in [0.15, 0.2) is 5.82 Å². The monoisotopic (exact) mass is 241 g/mol. The maximum atomic E-state index is 5.90. The molecule has 1 aromatic rings. The molecule has 0 amide bonds. The van der Waals surface area contributed by atoms with E-state index in [1.165, 1.54) is 0 Å². The molecule has 1 aliphatic rings. The van der Waals surface area contributed by atoms with Crippen molar-refractivity contribution in [2.45, 2.75) is 25.3 Å². The molecule has 1 aromatic heterocycles. The number of methoxy groups -OCH3 is 1. The second kappa shape index (κ2) is 6.09. The van der Waals surface area contributed by atoms with Crippen LogP contribution < -0.4 is 5.73 Å². The SMILES string of the molecule is COCCC(N)c1nc(CC2CCOC2)no1. The number of nitrogens with zero attached hydrogens (tertiary/aromatic N) is 2. The highest BCUT2D eigenvalue weighted by Crippen LogP contribution is 2.18. The van der Waals surface area contributed by atoms with E-state index in [1.807, 2.05) is 0 Å². The molecule has 17 heavy (non-hydrogen) atoms. The Morgan fingerprint density at radius 2 is 2.47 bits per heavy atom. The average Bonchev–Trinajstić information content (AvgIpc) is 2.98. The lowest BCUT2D eigenvalue weighted by atomic mass is 10.1. The topological polar surface area (TPSA) is 83.4 Å². The van der Waals surface area contributed by atoms with E-state index in [4.69, 9.17) is 19.7 Å². The maximum Gasteiger partial charge on any atom is 0.243 e. The van der Waals surface area contributed by atoms with E-state index in [0.717, 1.165) is 31.9 Å². The molecule has 2 atom stereocenters. The number of ether oxygens (including phenoxy) is 2. The summed E-state index contributed by atoms with van der Waals surface area (Å²) >= 11 is 0. The zero-order valence-corrected chi connectivity index (χ0v) is 10.1. The van der Waals surface area contributed by atoms with Gasteiger partial charge in [0, 0.05) is 33.4 Å². The predicted octanol–water partition coefficient (Wildman–Crippen LogP) is 0.685. The predicted molar refractivity (Wildman–Crippen MR) is 60.3 cm³/mol. The summed E-state index contributed by atoms with van der Waals surface area (Å²) < 4.78 is 15.4. The van der Waals surface area contributed by atoms with Crippen LogP contribution in [0.25, 0.3) is 0 Å². The van der Waals surface area contributed by atoms with Crippen molar-refractivity contribution in [1.29, 1.82) is 0 Å². The van der Waals surface area contributed by atoms with Gasteiger partial charge in [-0.3, -0.25) is 0 Å². The Kier molecular flexibility index (Phi) is 4.47. The minimum Gasteiger partial charge on any atom is -0.385 e. The summed E-state index contributed by atoms with van der Waals surface area (Å²) in [5.41, 5.74) is 5.90. The second-order valence-corrected chi connectivity index (χ2v) is 4.37. The Labute approximate surface area is 100 Å². The second-order valence-electron chi connectivity index (χ2n) is 4.37. The van der Waals surface area contributed by atoms with Gasteiger partial charge >= 0.3 is 0 Å². The van der Waals surface area contributed by atoms with Crippen LogP contribution in [0.15, 0.2) is 4.52 Å². The first-order chi connectivity index (χ1) is 8.29. The number of rotatable bonds is 6. The van der Waals surface area contributed by atoms with Crippen LogP contribution >= 0.6 is 0 Å². The Balaban J connectivity index is 1.86. The smallest absolute Gasteiger partial charge is 0.243 e. The van der Waals surface area contributed by atoms with Crippen molar-refractivity contribution in [2.75, 3.05) is 26.9 Å². The van der Waals surface area contributed by atoms with E-state index < -0.39 is 0 Å². The molecule has 2 heterocycles. The highest BCUT2D eigenvalue weighted by atomic mass is 16.5. The van der Waals surface area contributed by atoms with Crippen LogP contribution in [-0.2, 0) is 15.9 Å².